The number of benzene rings is 1. The lowest BCUT2D eigenvalue weighted by Gasteiger charge is -2.01. The molecule has 0 aliphatic carbocycles. The number of alkyl halides is 1. The van der Waals surface area contributed by atoms with Crippen molar-refractivity contribution in [3.8, 4) is 0 Å². The van der Waals surface area contributed by atoms with E-state index in [-0.39, 0.29) is 11.4 Å². The molecular weight excluding hydrogens is 221 g/mol. The summed E-state index contributed by atoms with van der Waals surface area (Å²) >= 11 is 10.6. The van der Waals surface area contributed by atoms with Gasteiger partial charge in [0.2, 0.25) is 0 Å². The largest absolute Gasteiger partial charge is 0.293 e. The quantitative estimate of drug-likeness (QED) is 0.429. The topological polar surface area (TPSA) is 17.1 Å². The Morgan fingerprint density at radius 2 is 2.00 bits per heavy atom. The monoisotopic (exact) mass is 224 g/mol. The van der Waals surface area contributed by atoms with Gasteiger partial charge in [-0.2, -0.15) is 0 Å². The van der Waals surface area contributed by atoms with Crippen molar-refractivity contribution >= 4 is 29.0 Å². The molecule has 0 aromatic heterocycles. The molecule has 0 N–H and O–H groups in total. The van der Waals surface area contributed by atoms with Crippen molar-refractivity contribution in [1.82, 2.24) is 0 Å². The number of rotatable bonds is 2. The van der Waals surface area contributed by atoms with Crippen LogP contribution in [-0.4, -0.2) is 11.7 Å². The zero-order chi connectivity index (χ0) is 10.0. The normalized spacial score (nSPS) is 10.2. The SMILES string of the molecule is O=C(CCl)c1cc(F)cc(F)c1Cl. The summed E-state index contributed by atoms with van der Waals surface area (Å²) in [5, 5.41) is -0.396. The lowest BCUT2D eigenvalue weighted by atomic mass is 10.1. The molecule has 0 aliphatic rings. The predicted molar refractivity (Wildman–Crippen MR) is 46.4 cm³/mol. The summed E-state index contributed by atoms with van der Waals surface area (Å²) in [6.45, 7) is 0. The lowest BCUT2D eigenvalue weighted by molar-refractivity contribution is 0.102. The second kappa shape index (κ2) is 4.03. The Labute approximate surface area is 83.3 Å². The van der Waals surface area contributed by atoms with E-state index >= 15 is 0 Å². The van der Waals surface area contributed by atoms with E-state index in [0.29, 0.717) is 6.07 Å². The van der Waals surface area contributed by atoms with Crippen molar-refractivity contribution < 1.29 is 13.6 Å². The smallest absolute Gasteiger partial charge is 0.179 e. The first-order valence-corrected chi connectivity index (χ1v) is 4.21. The van der Waals surface area contributed by atoms with Gasteiger partial charge in [0.1, 0.15) is 11.6 Å². The molecule has 0 saturated heterocycles. The Morgan fingerprint density at radius 3 is 2.54 bits per heavy atom. The van der Waals surface area contributed by atoms with Crippen LogP contribution >= 0.6 is 23.2 Å². The van der Waals surface area contributed by atoms with E-state index in [4.69, 9.17) is 23.2 Å². The highest BCUT2D eigenvalue weighted by molar-refractivity contribution is 6.37. The predicted octanol–water partition coefficient (Wildman–Crippen LogP) is 3.04. The van der Waals surface area contributed by atoms with E-state index in [9.17, 15) is 13.6 Å². The Kier molecular flexibility index (Phi) is 3.22. The molecule has 1 rings (SSSR count). The van der Waals surface area contributed by atoms with Crippen LogP contribution in [0.2, 0.25) is 5.02 Å². The van der Waals surface area contributed by atoms with Crippen LogP contribution in [0.15, 0.2) is 12.1 Å². The van der Waals surface area contributed by atoms with Crippen molar-refractivity contribution in [1.29, 1.82) is 0 Å². The highest BCUT2D eigenvalue weighted by Crippen LogP contribution is 2.22. The molecule has 0 saturated carbocycles. The third-order valence-corrected chi connectivity index (χ3v) is 2.04. The Bertz CT molecular complexity index is 352. The van der Waals surface area contributed by atoms with Gasteiger partial charge in [0.15, 0.2) is 5.78 Å². The number of halogens is 4. The lowest BCUT2D eigenvalue weighted by Crippen LogP contribution is -2.03. The van der Waals surface area contributed by atoms with E-state index in [2.05, 4.69) is 0 Å². The summed E-state index contributed by atoms with van der Waals surface area (Å²) in [6.07, 6.45) is 0. The summed E-state index contributed by atoms with van der Waals surface area (Å²) in [4.78, 5) is 11.0. The first-order chi connectivity index (χ1) is 6.06. The van der Waals surface area contributed by atoms with Crippen LogP contribution in [-0.2, 0) is 0 Å². The Balaban J connectivity index is 3.28. The van der Waals surface area contributed by atoms with E-state index < -0.39 is 22.4 Å². The zero-order valence-electron chi connectivity index (χ0n) is 6.28. The molecule has 5 heteroatoms. The van der Waals surface area contributed by atoms with Crippen LogP contribution in [0.5, 0.6) is 0 Å². The second-order valence-electron chi connectivity index (χ2n) is 2.31. The zero-order valence-corrected chi connectivity index (χ0v) is 7.79. The maximum Gasteiger partial charge on any atom is 0.179 e. The van der Waals surface area contributed by atoms with Gasteiger partial charge in [-0.25, -0.2) is 8.78 Å². The number of hydrogen-bond acceptors (Lipinski definition) is 1. The molecular formula is C8H4Cl2F2O. The molecule has 0 spiro atoms. The molecule has 1 aromatic carbocycles. The molecule has 0 unspecified atom stereocenters. The number of carbonyl (C=O) groups excluding carboxylic acids is 1. The van der Waals surface area contributed by atoms with E-state index in [1.807, 2.05) is 0 Å². The van der Waals surface area contributed by atoms with Gasteiger partial charge in [0, 0.05) is 11.6 Å². The molecule has 13 heavy (non-hydrogen) atoms. The highest BCUT2D eigenvalue weighted by atomic mass is 35.5. The van der Waals surface area contributed by atoms with Gasteiger partial charge in [-0.05, 0) is 6.07 Å². The molecule has 70 valence electrons. The van der Waals surface area contributed by atoms with Crippen molar-refractivity contribution in [2.24, 2.45) is 0 Å². The molecule has 0 fully saturated rings. The third kappa shape index (κ3) is 2.17. The maximum atomic E-state index is 12.8. The average Bonchev–Trinajstić information content (AvgIpc) is 2.10. The van der Waals surface area contributed by atoms with Crippen LogP contribution in [0.1, 0.15) is 10.4 Å². The van der Waals surface area contributed by atoms with Crippen LogP contribution in [0, 0.1) is 11.6 Å². The standard InChI is InChI=1S/C8H4Cl2F2O/c9-3-7(13)5-1-4(11)2-6(12)8(5)10/h1-2H,3H2. The number of Topliss-reactive ketones (excluding diaryl/α,β-unsaturated/α-hetero) is 1. The van der Waals surface area contributed by atoms with Crippen molar-refractivity contribution in [2.75, 3.05) is 5.88 Å². The first-order valence-electron chi connectivity index (χ1n) is 3.30. The molecule has 0 bridgehead atoms. The molecule has 0 heterocycles. The van der Waals surface area contributed by atoms with Gasteiger partial charge in [0.05, 0.1) is 10.9 Å². The second-order valence-corrected chi connectivity index (χ2v) is 2.95. The van der Waals surface area contributed by atoms with Crippen LogP contribution in [0.4, 0.5) is 8.78 Å². The maximum absolute atomic E-state index is 12.8. The van der Waals surface area contributed by atoms with Gasteiger partial charge in [0.25, 0.3) is 0 Å². The molecule has 0 atom stereocenters. The number of ketones is 1. The van der Waals surface area contributed by atoms with Gasteiger partial charge in [-0.1, -0.05) is 11.6 Å². The minimum atomic E-state index is -0.963. The van der Waals surface area contributed by atoms with Crippen molar-refractivity contribution in [2.45, 2.75) is 0 Å². The average molecular weight is 225 g/mol. The Morgan fingerprint density at radius 1 is 1.38 bits per heavy atom. The minimum Gasteiger partial charge on any atom is -0.293 e. The summed E-state index contributed by atoms with van der Waals surface area (Å²) in [7, 11) is 0. The van der Waals surface area contributed by atoms with Crippen molar-refractivity contribution in [3.63, 3.8) is 0 Å². The summed E-state index contributed by atoms with van der Waals surface area (Å²) in [5.41, 5.74) is -0.228. The third-order valence-electron chi connectivity index (χ3n) is 1.41. The molecule has 1 aromatic rings. The molecule has 0 aliphatic heterocycles. The summed E-state index contributed by atoms with van der Waals surface area (Å²) in [6, 6.07) is 1.46. The van der Waals surface area contributed by atoms with Gasteiger partial charge in [-0.15, -0.1) is 11.6 Å². The van der Waals surface area contributed by atoms with Crippen LogP contribution in [0.3, 0.4) is 0 Å². The van der Waals surface area contributed by atoms with Crippen molar-refractivity contribution in [3.05, 3.63) is 34.4 Å². The van der Waals surface area contributed by atoms with E-state index in [1.165, 1.54) is 0 Å². The van der Waals surface area contributed by atoms with Crippen LogP contribution in [0.25, 0.3) is 0 Å². The fourth-order valence-corrected chi connectivity index (χ4v) is 1.19. The fourth-order valence-electron chi connectivity index (χ4n) is 0.831. The van der Waals surface area contributed by atoms with E-state index in [0.717, 1.165) is 6.07 Å². The molecule has 0 amide bonds. The van der Waals surface area contributed by atoms with Gasteiger partial charge < -0.3 is 0 Å². The minimum absolute atomic E-state index is 0.228. The molecule has 1 nitrogen and oxygen atoms in total. The highest BCUT2D eigenvalue weighted by Gasteiger charge is 2.14. The number of hydrogen-bond donors (Lipinski definition) is 0. The molecule has 0 radical (unpaired) electrons. The van der Waals surface area contributed by atoms with Gasteiger partial charge >= 0.3 is 0 Å². The van der Waals surface area contributed by atoms with Crippen LogP contribution < -0.4 is 0 Å². The summed E-state index contributed by atoms with van der Waals surface area (Å²) in [5.74, 6) is -2.78. The first kappa shape index (κ1) is 10.4. The fraction of sp³-hybridized carbons (Fsp3) is 0.125. The van der Waals surface area contributed by atoms with E-state index in [1.54, 1.807) is 0 Å². The van der Waals surface area contributed by atoms with Gasteiger partial charge in [-0.3, -0.25) is 4.79 Å². The number of carbonyl (C=O) groups is 1. The summed E-state index contributed by atoms with van der Waals surface area (Å²) < 4.78 is 25.4. The Hall–Kier alpha value is -0.670.